The number of halogens is 3. The van der Waals surface area contributed by atoms with Crippen molar-refractivity contribution in [3.8, 4) is 11.5 Å². The van der Waals surface area contributed by atoms with Crippen molar-refractivity contribution in [1.82, 2.24) is 5.43 Å². The lowest BCUT2D eigenvalue weighted by molar-refractivity contribution is -0.137. The Hall–Kier alpha value is -3.23. The first-order valence-electron chi connectivity index (χ1n) is 7.01. The number of anilines is 1. The van der Waals surface area contributed by atoms with Crippen LogP contribution < -0.4 is 10.7 Å². The van der Waals surface area contributed by atoms with Gasteiger partial charge in [0.2, 0.25) is 0 Å². The molecule has 0 aliphatic carbocycles. The molecule has 0 atom stereocenters. The summed E-state index contributed by atoms with van der Waals surface area (Å²) in [5.74, 6) is -1.19. The molecular weight excluding hydrogens is 339 g/mol. The average Bonchev–Trinajstić information content (AvgIpc) is 2.56. The van der Waals surface area contributed by atoms with E-state index in [1.54, 1.807) is 0 Å². The molecular formula is C16H14F3N3O3. The molecule has 2 aromatic rings. The van der Waals surface area contributed by atoms with Crippen molar-refractivity contribution in [1.29, 1.82) is 0 Å². The monoisotopic (exact) mass is 353 g/mol. The molecule has 2 rings (SSSR count). The molecule has 25 heavy (non-hydrogen) atoms. The van der Waals surface area contributed by atoms with E-state index in [9.17, 15) is 23.1 Å². The maximum atomic E-state index is 12.6. The van der Waals surface area contributed by atoms with Gasteiger partial charge < -0.3 is 15.5 Å². The van der Waals surface area contributed by atoms with Crippen LogP contribution in [0.15, 0.2) is 47.6 Å². The molecule has 0 aliphatic rings. The van der Waals surface area contributed by atoms with Gasteiger partial charge in [-0.15, -0.1) is 0 Å². The molecule has 0 aliphatic heterocycles. The van der Waals surface area contributed by atoms with Crippen LogP contribution >= 0.6 is 0 Å². The van der Waals surface area contributed by atoms with Crippen LogP contribution in [0.1, 0.15) is 11.1 Å². The number of nitrogens with one attached hydrogen (secondary N) is 2. The van der Waals surface area contributed by atoms with Crippen LogP contribution in [0.4, 0.5) is 18.9 Å². The van der Waals surface area contributed by atoms with Gasteiger partial charge in [0, 0.05) is 5.69 Å². The van der Waals surface area contributed by atoms with E-state index < -0.39 is 17.6 Å². The summed E-state index contributed by atoms with van der Waals surface area (Å²) in [5.41, 5.74) is 1.95. The van der Waals surface area contributed by atoms with Crippen LogP contribution in [-0.2, 0) is 11.0 Å². The number of hydrogen-bond donors (Lipinski definition) is 4. The van der Waals surface area contributed by atoms with Gasteiger partial charge in [0.15, 0.2) is 11.5 Å². The van der Waals surface area contributed by atoms with Crippen molar-refractivity contribution in [3.63, 3.8) is 0 Å². The first kappa shape index (κ1) is 18.1. The summed E-state index contributed by atoms with van der Waals surface area (Å²) in [7, 11) is 0. The summed E-state index contributed by atoms with van der Waals surface area (Å²) in [6.45, 7) is -0.278. The number of nitrogens with zero attached hydrogens (tertiary/aromatic N) is 1. The molecule has 0 aromatic heterocycles. The molecule has 0 spiro atoms. The predicted molar refractivity (Wildman–Crippen MR) is 85.4 cm³/mol. The molecule has 0 bridgehead atoms. The SMILES string of the molecule is O=C(CNc1cccc(C(F)(F)F)c1)N/N=C/c1ccc(O)c(O)c1. The van der Waals surface area contributed by atoms with Crippen molar-refractivity contribution in [2.45, 2.75) is 6.18 Å². The maximum Gasteiger partial charge on any atom is 0.416 e. The molecule has 0 saturated carbocycles. The summed E-state index contributed by atoms with van der Waals surface area (Å²) in [6, 6.07) is 8.44. The van der Waals surface area contributed by atoms with E-state index in [1.807, 2.05) is 0 Å². The smallest absolute Gasteiger partial charge is 0.416 e. The van der Waals surface area contributed by atoms with E-state index in [0.29, 0.717) is 5.56 Å². The van der Waals surface area contributed by atoms with Crippen LogP contribution in [0.2, 0.25) is 0 Å². The lowest BCUT2D eigenvalue weighted by Gasteiger charge is -2.10. The van der Waals surface area contributed by atoms with Gasteiger partial charge in [-0.25, -0.2) is 5.43 Å². The second kappa shape index (κ2) is 7.56. The van der Waals surface area contributed by atoms with Crippen LogP contribution in [0.25, 0.3) is 0 Å². The Kier molecular flexibility index (Phi) is 5.48. The lowest BCUT2D eigenvalue weighted by Crippen LogP contribution is -2.26. The minimum atomic E-state index is -4.46. The van der Waals surface area contributed by atoms with Gasteiger partial charge in [0.05, 0.1) is 18.3 Å². The fourth-order valence-corrected chi connectivity index (χ4v) is 1.83. The quantitative estimate of drug-likeness (QED) is 0.378. The normalized spacial score (nSPS) is 11.5. The molecule has 9 heteroatoms. The van der Waals surface area contributed by atoms with Gasteiger partial charge in [-0.3, -0.25) is 4.79 Å². The number of alkyl halides is 3. The Morgan fingerprint density at radius 3 is 2.56 bits per heavy atom. The highest BCUT2D eigenvalue weighted by atomic mass is 19.4. The minimum absolute atomic E-state index is 0.150. The van der Waals surface area contributed by atoms with Crippen molar-refractivity contribution >= 4 is 17.8 Å². The number of hydrogen-bond acceptors (Lipinski definition) is 5. The molecule has 4 N–H and O–H groups in total. The molecule has 0 fully saturated rings. The van der Waals surface area contributed by atoms with Crippen molar-refractivity contribution < 1.29 is 28.2 Å². The van der Waals surface area contributed by atoms with Gasteiger partial charge in [0.25, 0.3) is 5.91 Å². The van der Waals surface area contributed by atoms with Crippen LogP contribution in [0.3, 0.4) is 0 Å². The molecule has 6 nitrogen and oxygen atoms in total. The molecule has 1 amide bonds. The first-order valence-corrected chi connectivity index (χ1v) is 7.01. The lowest BCUT2D eigenvalue weighted by atomic mass is 10.2. The van der Waals surface area contributed by atoms with Gasteiger partial charge in [-0.05, 0) is 42.0 Å². The maximum absolute atomic E-state index is 12.6. The zero-order valence-electron chi connectivity index (χ0n) is 12.7. The highest BCUT2D eigenvalue weighted by Gasteiger charge is 2.30. The van der Waals surface area contributed by atoms with E-state index in [2.05, 4.69) is 15.8 Å². The van der Waals surface area contributed by atoms with E-state index in [4.69, 9.17) is 5.11 Å². The summed E-state index contributed by atoms with van der Waals surface area (Å²) < 4.78 is 37.8. The zero-order valence-corrected chi connectivity index (χ0v) is 12.7. The third-order valence-electron chi connectivity index (χ3n) is 3.05. The highest BCUT2D eigenvalue weighted by molar-refractivity contribution is 5.84. The standard InChI is InChI=1S/C16H14F3N3O3/c17-16(18,19)11-2-1-3-12(7-11)20-9-15(25)22-21-8-10-4-5-13(23)14(24)6-10/h1-8,20,23-24H,9H2,(H,22,25)/b21-8+. The Bertz CT molecular complexity index is 792. The van der Waals surface area contributed by atoms with Crippen molar-refractivity contribution in [2.24, 2.45) is 5.10 Å². The average molecular weight is 353 g/mol. The number of aromatic hydroxyl groups is 2. The Labute approximate surface area is 140 Å². The third-order valence-corrected chi connectivity index (χ3v) is 3.05. The summed E-state index contributed by atoms with van der Waals surface area (Å²) in [6.07, 6.45) is -3.22. The Morgan fingerprint density at radius 1 is 1.12 bits per heavy atom. The van der Waals surface area contributed by atoms with E-state index in [0.717, 1.165) is 12.1 Å². The van der Waals surface area contributed by atoms with Gasteiger partial charge in [-0.1, -0.05) is 6.07 Å². The number of benzene rings is 2. The molecule has 132 valence electrons. The fourth-order valence-electron chi connectivity index (χ4n) is 1.83. The van der Waals surface area contributed by atoms with Crippen LogP contribution in [0, 0.1) is 0 Å². The molecule has 2 aromatic carbocycles. The number of phenolic OH excluding ortho intramolecular Hbond substituents is 2. The zero-order chi connectivity index (χ0) is 18.4. The van der Waals surface area contributed by atoms with Gasteiger partial charge >= 0.3 is 6.18 Å². The summed E-state index contributed by atoms with van der Waals surface area (Å²) in [4.78, 5) is 11.6. The number of hydrazone groups is 1. The number of carbonyl (C=O) groups is 1. The Balaban J connectivity index is 1.86. The second-order valence-electron chi connectivity index (χ2n) is 4.97. The van der Waals surface area contributed by atoms with Crippen molar-refractivity contribution in [3.05, 3.63) is 53.6 Å². The number of amides is 1. The van der Waals surface area contributed by atoms with E-state index >= 15 is 0 Å². The topological polar surface area (TPSA) is 94.0 Å². The van der Waals surface area contributed by atoms with E-state index in [-0.39, 0.29) is 23.7 Å². The molecule has 0 unspecified atom stereocenters. The Morgan fingerprint density at radius 2 is 1.88 bits per heavy atom. The third kappa shape index (κ3) is 5.41. The fraction of sp³-hybridized carbons (Fsp3) is 0.125. The summed E-state index contributed by atoms with van der Waals surface area (Å²) >= 11 is 0. The number of carbonyl (C=O) groups excluding carboxylic acids is 1. The second-order valence-corrected chi connectivity index (χ2v) is 4.97. The van der Waals surface area contributed by atoms with Crippen LogP contribution in [0.5, 0.6) is 11.5 Å². The van der Waals surface area contributed by atoms with E-state index in [1.165, 1.54) is 36.5 Å². The summed E-state index contributed by atoms with van der Waals surface area (Å²) in [5, 5.41) is 24.7. The van der Waals surface area contributed by atoms with Crippen LogP contribution in [-0.4, -0.2) is 28.9 Å². The number of phenols is 2. The van der Waals surface area contributed by atoms with Crippen molar-refractivity contribution in [2.75, 3.05) is 11.9 Å². The first-order chi connectivity index (χ1) is 11.8. The highest BCUT2D eigenvalue weighted by Crippen LogP contribution is 2.30. The van der Waals surface area contributed by atoms with Gasteiger partial charge in [-0.2, -0.15) is 18.3 Å². The number of rotatable bonds is 5. The predicted octanol–water partition coefficient (Wildman–Crippen LogP) is 2.68. The van der Waals surface area contributed by atoms with Gasteiger partial charge in [0.1, 0.15) is 0 Å². The molecule has 0 saturated heterocycles. The molecule has 0 heterocycles. The minimum Gasteiger partial charge on any atom is -0.504 e. The molecule has 0 radical (unpaired) electrons. The largest absolute Gasteiger partial charge is 0.504 e.